The molecule has 0 heterocycles. The van der Waals surface area contributed by atoms with Gasteiger partial charge >= 0.3 is 0 Å². The lowest BCUT2D eigenvalue weighted by atomic mass is 9.51. The second-order valence-electron chi connectivity index (χ2n) is 6.78. The van der Waals surface area contributed by atoms with Gasteiger partial charge in [0.1, 0.15) is 0 Å². The molecule has 3 heteroatoms. The number of hydrogen-bond donors (Lipinski definition) is 0. The van der Waals surface area contributed by atoms with E-state index < -0.39 is 17.5 Å². The summed E-state index contributed by atoms with van der Waals surface area (Å²) in [5.74, 6) is -3.45. The molecule has 1 aromatic rings. The number of hydrogen-bond acceptors (Lipinski definition) is 0. The molecule has 20 heavy (non-hydrogen) atoms. The van der Waals surface area contributed by atoms with E-state index in [2.05, 4.69) is 6.92 Å². The zero-order valence-electron chi connectivity index (χ0n) is 11.9. The van der Waals surface area contributed by atoms with E-state index in [0.717, 1.165) is 38.5 Å². The van der Waals surface area contributed by atoms with E-state index in [4.69, 9.17) is 0 Å². The summed E-state index contributed by atoms with van der Waals surface area (Å²) in [6, 6.07) is 2.44. The Labute approximate surface area is 118 Å². The van der Waals surface area contributed by atoms with Gasteiger partial charge in [-0.05, 0) is 73.5 Å². The fourth-order valence-corrected chi connectivity index (χ4v) is 4.46. The van der Waals surface area contributed by atoms with Crippen LogP contribution in [0.25, 0.3) is 0 Å². The van der Waals surface area contributed by atoms with Gasteiger partial charge in [0.25, 0.3) is 0 Å². The smallest absolute Gasteiger partial charge is 0.194 e. The van der Waals surface area contributed by atoms with E-state index in [1.54, 1.807) is 0 Å². The van der Waals surface area contributed by atoms with Crippen LogP contribution in [0.2, 0.25) is 0 Å². The Morgan fingerprint density at radius 2 is 1.40 bits per heavy atom. The SMILES string of the molecule is CCCC12CCC(c3cc(F)c(F)c(F)c3)(CC1)CC2. The van der Waals surface area contributed by atoms with Crippen LogP contribution in [0, 0.1) is 22.9 Å². The topological polar surface area (TPSA) is 0 Å². The molecule has 0 nitrogen and oxygen atoms in total. The molecule has 3 aliphatic carbocycles. The van der Waals surface area contributed by atoms with Crippen LogP contribution in [-0.2, 0) is 5.41 Å². The predicted molar refractivity (Wildman–Crippen MR) is 73.0 cm³/mol. The summed E-state index contributed by atoms with van der Waals surface area (Å²) in [7, 11) is 0. The molecule has 0 saturated heterocycles. The largest absolute Gasteiger partial charge is 0.204 e. The lowest BCUT2D eigenvalue weighted by Gasteiger charge is -2.54. The van der Waals surface area contributed by atoms with E-state index in [9.17, 15) is 13.2 Å². The molecule has 0 N–H and O–H groups in total. The Kier molecular flexibility index (Phi) is 3.34. The van der Waals surface area contributed by atoms with Crippen molar-refractivity contribution in [2.45, 2.75) is 63.7 Å². The van der Waals surface area contributed by atoms with Crippen LogP contribution in [0.1, 0.15) is 63.9 Å². The second kappa shape index (κ2) is 4.78. The highest BCUT2D eigenvalue weighted by Crippen LogP contribution is 2.59. The summed E-state index contributed by atoms with van der Waals surface area (Å²) < 4.78 is 40.1. The molecule has 0 amide bonds. The van der Waals surface area contributed by atoms with Gasteiger partial charge in [-0.2, -0.15) is 0 Å². The summed E-state index contributed by atoms with van der Waals surface area (Å²) in [4.78, 5) is 0. The highest BCUT2D eigenvalue weighted by Gasteiger charge is 2.48. The molecule has 1 aromatic carbocycles. The first-order chi connectivity index (χ1) is 9.50. The zero-order valence-corrected chi connectivity index (χ0v) is 11.9. The van der Waals surface area contributed by atoms with E-state index in [1.807, 2.05) is 0 Å². The Hall–Kier alpha value is -0.990. The van der Waals surface area contributed by atoms with Crippen LogP contribution in [0.15, 0.2) is 12.1 Å². The van der Waals surface area contributed by atoms with Crippen molar-refractivity contribution in [1.82, 2.24) is 0 Å². The summed E-state index contributed by atoms with van der Waals surface area (Å²) in [6.45, 7) is 2.22. The van der Waals surface area contributed by atoms with Crippen molar-refractivity contribution in [3.63, 3.8) is 0 Å². The van der Waals surface area contributed by atoms with E-state index >= 15 is 0 Å². The van der Waals surface area contributed by atoms with Crippen LogP contribution in [0.5, 0.6) is 0 Å². The Bertz CT molecular complexity index is 473. The van der Waals surface area contributed by atoms with Gasteiger partial charge in [0.05, 0.1) is 0 Å². The number of halogens is 3. The third kappa shape index (κ3) is 2.06. The average molecular weight is 282 g/mol. The highest BCUT2D eigenvalue weighted by molar-refractivity contribution is 5.30. The average Bonchev–Trinajstić information content (AvgIpc) is 2.46. The summed E-state index contributed by atoms with van der Waals surface area (Å²) in [5, 5.41) is 0. The van der Waals surface area contributed by atoms with Gasteiger partial charge in [-0.15, -0.1) is 0 Å². The minimum Gasteiger partial charge on any atom is -0.204 e. The van der Waals surface area contributed by atoms with Gasteiger partial charge in [-0.3, -0.25) is 0 Å². The summed E-state index contributed by atoms with van der Waals surface area (Å²) in [5.41, 5.74) is 1.01. The fraction of sp³-hybridized carbons (Fsp3) is 0.647. The van der Waals surface area contributed by atoms with Crippen molar-refractivity contribution in [1.29, 1.82) is 0 Å². The van der Waals surface area contributed by atoms with Crippen LogP contribution >= 0.6 is 0 Å². The maximum absolute atomic E-state index is 13.5. The van der Waals surface area contributed by atoms with Gasteiger partial charge in [0.15, 0.2) is 17.5 Å². The molecule has 0 radical (unpaired) electrons. The van der Waals surface area contributed by atoms with E-state index in [0.29, 0.717) is 11.0 Å². The quantitative estimate of drug-likeness (QED) is 0.642. The molecule has 0 unspecified atom stereocenters. The molecule has 2 bridgehead atoms. The van der Waals surface area contributed by atoms with Crippen LogP contribution in [0.3, 0.4) is 0 Å². The molecule has 3 aliphatic rings. The standard InChI is InChI=1S/C17H21F3/c1-2-3-16-4-7-17(8-5-16,9-6-16)12-10-13(18)15(20)14(19)11-12/h10-11H,2-9H2,1H3. The molecule has 0 atom stereocenters. The number of fused-ring (bicyclic) bond motifs is 3. The molecule has 0 aliphatic heterocycles. The normalized spacial score (nSPS) is 32.6. The Morgan fingerprint density at radius 1 is 0.900 bits per heavy atom. The van der Waals surface area contributed by atoms with Gasteiger partial charge in [0.2, 0.25) is 0 Å². The van der Waals surface area contributed by atoms with Crippen molar-refractivity contribution in [3.05, 3.63) is 35.1 Å². The number of benzene rings is 1. The Balaban J connectivity index is 1.90. The first-order valence-corrected chi connectivity index (χ1v) is 7.65. The van der Waals surface area contributed by atoms with Gasteiger partial charge in [0, 0.05) is 0 Å². The number of rotatable bonds is 3. The van der Waals surface area contributed by atoms with Crippen molar-refractivity contribution in [2.75, 3.05) is 0 Å². The second-order valence-corrected chi connectivity index (χ2v) is 6.78. The lowest BCUT2D eigenvalue weighted by molar-refractivity contribution is 0.0317. The van der Waals surface area contributed by atoms with Gasteiger partial charge < -0.3 is 0 Å². The molecule has 4 rings (SSSR count). The minimum absolute atomic E-state index is 0.120. The first-order valence-electron chi connectivity index (χ1n) is 7.65. The molecule has 110 valence electrons. The zero-order chi connectivity index (χ0) is 14.4. The van der Waals surface area contributed by atoms with E-state index in [1.165, 1.54) is 25.0 Å². The fourth-order valence-electron chi connectivity index (χ4n) is 4.46. The van der Waals surface area contributed by atoms with Crippen molar-refractivity contribution in [3.8, 4) is 0 Å². The molecular weight excluding hydrogens is 261 g/mol. The Morgan fingerprint density at radius 3 is 1.85 bits per heavy atom. The van der Waals surface area contributed by atoms with E-state index in [-0.39, 0.29) is 5.41 Å². The minimum atomic E-state index is -1.35. The maximum Gasteiger partial charge on any atom is 0.194 e. The highest BCUT2D eigenvalue weighted by atomic mass is 19.2. The monoisotopic (exact) mass is 282 g/mol. The van der Waals surface area contributed by atoms with Gasteiger partial charge in [-0.25, -0.2) is 13.2 Å². The molecule has 0 spiro atoms. The van der Waals surface area contributed by atoms with Crippen molar-refractivity contribution in [2.24, 2.45) is 5.41 Å². The third-order valence-corrected chi connectivity index (χ3v) is 5.78. The molecule has 3 fully saturated rings. The first kappa shape index (κ1) is 14.0. The van der Waals surface area contributed by atoms with Crippen molar-refractivity contribution < 1.29 is 13.2 Å². The summed E-state index contributed by atoms with van der Waals surface area (Å²) in [6.07, 6.45) is 8.83. The third-order valence-electron chi connectivity index (χ3n) is 5.78. The maximum atomic E-state index is 13.5. The predicted octanol–water partition coefficient (Wildman–Crippen LogP) is 5.50. The van der Waals surface area contributed by atoms with Crippen LogP contribution in [0.4, 0.5) is 13.2 Å². The molecule has 0 aromatic heterocycles. The van der Waals surface area contributed by atoms with Crippen molar-refractivity contribution >= 4 is 0 Å². The molecular formula is C17H21F3. The summed E-state index contributed by atoms with van der Waals surface area (Å²) >= 11 is 0. The van der Waals surface area contributed by atoms with Crippen LogP contribution in [-0.4, -0.2) is 0 Å². The van der Waals surface area contributed by atoms with Crippen LogP contribution < -0.4 is 0 Å². The molecule has 3 saturated carbocycles. The van der Waals surface area contributed by atoms with Gasteiger partial charge in [-0.1, -0.05) is 13.3 Å². The lowest BCUT2D eigenvalue weighted by Crippen LogP contribution is -2.44.